The van der Waals surface area contributed by atoms with Crippen LogP contribution in [0.15, 0.2) is 0 Å². The van der Waals surface area contributed by atoms with Crippen molar-refractivity contribution in [2.45, 2.75) is 84.0 Å². The summed E-state index contributed by atoms with van der Waals surface area (Å²) in [6, 6.07) is 0. The van der Waals surface area contributed by atoms with Crippen LogP contribution in [0.25, 0.3) is 0 Å². The van der Waals surface area contributed by atoms with Crippen LogP contribution in [0.4, 0.5) is 0 Å². The summed E-state index contributed by atoms with van der Waals surface area (Å²) >= 11 is 0. The molecule has 128 valence electrons. The van der Waals surface area contributed by atoms with Crippen molar-refractivity contribution in [3.05, 3.63) is 0 Å². The number of rotatable bonds is 6. The highest BCUT2D eigenvalue weighted by molar-refractivity contribution is 5.70. The Morgan fingerprint density at radius 3 is 2.32 bits per heavy atom. The number of carboxylic acid groups (broad SMARTS) is 1. The van der Waals surface area contributed by atoms with Crippen molar-refractivity contribution in [2.75, 3.05) is 0 Å². The van der Waals surface area contributed by atoms with E-state index in [0.29, 0.717) is 5.92 Å². The normalized spacial score (nSPS) is 35.8. The number of hydrogen-bond acceptors (Lipinski definition) is 3. The van der Waals surface area contributed by atoms with Crippen molar-refractivity contribution in [3.63, 3.8) is 0 Å². The number of aliphatic carboxylic acids is 1. The minimum absolute atomic E-state index is 0.0548. The number of carboxylic acids is 1. The highest BCUT2D eigenvalue weighted by atomic mass is 16.6. The summed E-state index contributed by atoms with van der Waals surface area (Å²) in [5.41, 5.74) is 0. The molecule has 0 heterocycles. The first-order valence-corrected chi connectivity index (χ1v) is 9.11. The molecule has 2 fully saturated rings. The fourth-order valence-corrected chi connectivity index (χ4v) is 4.49. The first-order valence-electron chi connectivity index (χ1n) is 9.11. The summed E-state index contributed by atoms with van der Waals surface area (Å²) in [6.07, 6.45) is 8.42. The van der Waals surface area contributed by atoms with E-state index in [4.69, 9.17) is 4.74 Å². The van der Waals surface area contributed by atoms with Gasteiger partial charge in [-0.2, -0.15) is 0 Å². The van der Waals surface area contributed by atoms with Crippen LogP contribution in [-0.4, -0.2) is 28.6 Å². The van der Waals surface area contributed by atoms with Crippen molar-refractivity contribution in [1.82, 2.24) is 0 Å². The minimum Gasteiger partial charge on any atom is -0.481 e. The molecule has 4 heteroatoms. The summed E-state index contributed by atoms with van der Waals surface area (Å²) in [5, 5.41) is 20.1. The van der Waals surface area contributed by atoms with Gasteiger partial charge in [0.15, 0.2) is 6.29 Å². The summed E-state index contributed by atoms with van der Waals surface area (Å²) in [6.45, 7) is 4.04. The summed E-state index contributed by atoms with van der Waals surface area (Å²) in [7, 11) is 0. The Bertz CT molecular complexity index is 357. The molecule has 0 aromatic heterocycles. The predicted octanol–water partition coefficient (Wildman–Crippen LogP) is 3.82. The average molecular weight is 312 g/mol. The molecule has 0 bridgehead atoms. The van der Waals surface area contributed by atoms with E-state index in [0.717, 1.165) is 57.8 Å². The first-order chi connectivity index (χ1) is 10.5. The molecule has 0 aromatic rings. The molecule has 2 saturated carbocycles. The van der Waals surface area contributed by atoms with E-state index in [9.17, 15) is 15.0 Å². The monoisotopic (exact) mass is 312 g/mol. The quantitative estimate of drug-likeness (QED) is 0.732. The van der Waals surface area contributed by atoms with E-state index in [1.165, 1.54) is 0 Å². The van der Waals surface area contributed by atoms with E-state index < -0.39 is 12.3 Å². The van der Waals surface area contributed by atoms with Gasteiger partial charge in [-0.25, -0.2) is 0 Å². The standard InChI is InChI=1S/C18H32O4/c1-3-12(2)22-18(21)16-11-7-5-9-14(16)13-8-4-6-10-15(13)17(19)20/h12-16,18,21H,3-11H2,1-2H3,(H,19,20). The fourth-order valence-electron chi connectivity index (χ4n) is 4.49. The van der Waals surface area contributed by atoms with Crippen LogP contribution < -0.4 is 0 Å². The highest BCUT2D eigenvalue weighted by Gasteiger charge is 2.42. The van der Waals surface area contributed by atoms with Crippen molar-refractivity contribution in [2.24, 2.45) is 23.7 Å². The Kier molecular flexibility index (Phi) is 6.69. The molecule has 2 rings (SSSR count). The smallest absolute Gasteiger partial charge is 0.306 e. The number of hydrogen-bond donors (Lipinski definition) is 2. The zero-order valence-corrected chi connectivity index (χ0v) is 14.0. The zero-order valence-electron chi connectivity index (χ0n) is 14.0. The van der Waals surface area contributed by atoms with Gasteiger partial charge in [0.05, 0.1) is 12.0 Å². The summed E-state index contributed by atoms with van der Waals surface area (Å²) < 4.78 is 5.76. The molecule has 6 atom stereocenters. The van der Waals surface area contributed by atoms with Crippen LogP contribution >= 0.6 is 0 Å². The van der Waals surface area contributed by atoms with Crippen LogP contribution in [0.5, 0.6) is 0 Å². The van der Waals surface area contributed by atoms with Gasteiger partial charge in [0.2, 0.25) is 0 Å². The Morgan fingerprint density at radius 1 is 1.09 bits per heavy atom. The Morgan fingerprint density at radius 2 is 1.68 bits per heavy atom. The Labute approximate surface area is 134 Å². The van der Waals surface area contributed by atoms with Gasteiger partial charge in [-0.3, -0.25) is 4.79 Å². The van der Waals surface area contributed by atoms with Gasteiger partial charge < -0.3 is 14.9 Å². The lowest BCUT2D eigenvalue weighted by molar-refractivity contribution is -0.187. The maximum Gasteiger partial charge on any atom is 0.306 e. The molecule has 0 radical (unpaired) electrons. The third kappa shape index (κ3) is 4.23. The SMILES string of the molecule is CCC(C)OC(O)C1CCCCC1C1CCCCC1C(=O)O. The first kappa shape index (κ1) is 17.7. The van der Waals surface area contributed by atoms with Gasteiger partial charge in [0, 0.05) is 5.92 Å². The molecule has 4 nitrogen and oxygen atoms in total. The molecular formula is C18H32O4. The van der Waals surface area contributed by atoms with Crippen LogP contribution in [0.1, 0.15) is 71.6 Å². The van der Waals surface area contributed by atoms with E-state index in [1.807, 2.05) is 6.92 Å². The maximum atomic E-state index is 11.6. The molecular weight excluding hydrogens is 280 g/mol. The zero-order chi connectivity index (χ0) is 16.1. The number of carbonyl (C=O) groups is 1. The second-order valence-corrected chi connectivity index (χ2v) is 7.25. The summed E-state index contributed by atoms with van der Waals surface area (Å²) in [4.78, 5) is 11.6. The number of ether oxygens (including phenoxy) is 1. The number of aliphatic hydroxyl groups excluding tert-OH is 1. The number of aliphatic hydroxyl groups is 1. The largest absolute Gasteiger partial charge is 0.481 e. The molecule has 0 spiro atoms. The molecule has 22 heavy (non-hydrogen) atoms. The van der Waals surface area contributed by atoms with Gasteiger partial charge in [0.1, 0.15) is 0 Å². The molecule has 2 N–H and O–H groups in total. The lowest BCUT2D eigenvalue weighted by Crippen LogP contribution is -2.42. The van der Waals surface area contributed by atoms with E-state index >= 15 is 0 Å². The molecule has 6 unspecified atom stereocenters. The van der Waals surface area contributed by atoms with Crippen molar-refractivity contribution >= 4 is 5.97 Å². The van der Waals surface area contributed by atoms with E-state index in [2.05, 4.69) is 6.92 Å². The topological polar surface area (TPSA) is 66.8 Å². The van der Waals surface area contributed by atoms with Crippen LogP contribution in [0, 0.1) is 23.7 Å². The molecule has 2 aliphatic rings. The second kappa shape index (κ2) is 8.30. The maximum absolute atomic E-state index is 11.6. The lowest BCUT2D eigenvalue weighted by atomic mass is 9.64. The van der Waals surface area contributed by atoms with Crippen LogP contribution in [0.2, 0.25) is 0 Å². The third-order valence-corrected chi connectivity index (χ3v) is 5.87. The van der Waals surface area contributed by atoms with E-state index in [1.54, 1.807) is 0 Å². The molecule has 0 amide bonds. The Hall–Kier alpha value is -0.610. The molecule has 0 aliphatic heterocycles. The molecule has 2 aliphatic carbocycles. The fraction of sp³-hybridized carbons (Fsp3) is 0.944. The average Bonchev–Trinajstić information content (AvgIpc) is 2.54. The van der Waals surface area contributed by atoms with Gasteiger partial charge in [-0.05, 0) is 50.9 Å². The van der Waals surface area contributed by atoms with Gasteiger partial charge in [-0.1, -0.05) is 32.6 Å². The highest BCUT2D eigenvalue weighted by Crippen LogP contribution is 2.45. The van der Waals surface area contributed by atoms with Gasteiger partial charge in [0.25, 0.3) is 0 Å². The minimum atomic E-state index is -0.739. The Balaban J connectivity index is 2.09. The van der Waals surface area contributed by atoms with Crippen LogP contribution in [0.3, 0.4) is 0 Å². The second-order valence-electron chi connectivity index (χ2n) is 7.25. The lowest BCUT2D eigenvalue weighted by Gasteiger charge is -2.43. The van der Waals surface area contributed by atoms with Crippen molar-refractivity contribution < 1.29 is 19.7 Å². The third-order valence-electron chi connectivity index (χ3n) is 5.87. The van der Waals surface area contributed by atoms with Crippen molar-refractivity contribution in [1.29, 1.82) is 0 Å². The molecule has 0 saturated heterocycles. The van der Waals surface area contributed by atoms with Gasteiger partial charge >= 0.3 is 5.97 Å². The molecule has 0 aromatic carbocycles. The summed E-state index contributed by atoms with van der Waals surface area (Å²) in [5.74, 6) is -0.254. The predicted molar refractivity (Wildman–Crippen MR) is 85.4 cm³/mol. The van der Waals surface area contributed by atoms with Crippen LogP contribution in [-0.2, 0) is 9.53 Å². The van der Waals surface area contributed by atoms with Crippen molar-refractivity contribution in [3.8, 4) is 0 Å². The van der Waals surface area contributed by atoms with E-state index in [-0.39, 0.29) is 23.9 Å². The van der Waals surface area contributed by atoms with Gasteiger partial charge in [-0.15, -0.1) is 0 Å².